The Hall–Kier alpha value is -1.53. The van der Waals surface area contributed by atoms with Crippen molar-refractivity contribution in [3.05, 3.63) is 35.4 Å². The van der Waals surface area contributed by atoms with Crippen molar-refractivity contribution in [2.24, 2.45) is 5.92 Å². The van der Waals surface area contributed by atoms with Gasteiger partial charge in [0.2, 0.25) is 5.91 Å². The highest BCUT2D eigenvalue weighted by Gasteiger charge is 2.26. The summed E-state index contributed by atoms with van der Waals surface area (Å²) >= 11 is 0. The third kappa shape index (κ3) is 4.26. The van der Waals surface area contributed by atoms with Crippen molar-refractivity contribution in [2.45, 2.75) is 31.8 Å². The van der Waals surface area contributed by atoms with Gasteiger partial charge in [0, 0.05) is 32.2 Å². The van der Waals surface area contributed by atoms with Gasteiger partial charge in [0.25, 0.3) is 0 Å². The van der Waals surface area contributed by atoms with Crippen LogP contribution in [0.5, 0.6) is 0 Å². The number of carbonyl (C=O) groups is 1. The molecule has 1 aromatic carbocycles. The second kappa shape index (κ2) is 7.36. The zero-order valence-electron chi connectivity index (χ0n) is 13.2. The van der Waals surface area contributed by atoms with Gasteiger partial charge in [-0.2, -0.15) is 0 Å². The largest absolute Gasteiger partial charge is 0.353 e. The van der Waals surface area contributed by atoms with E-state index >= 15 is 0 Å². The van der Waals surface area contributed by atoms with Crippen molar-refractivity contribution in [3.8, 4) is 0 Å². The van der Waals surface area contributed by atoms with Crippen LogP contribution >= 0.6 is 0 Å². The van der Waals surface area contributed by atoms with E-state index in [1.165, 1.54) is 12.1 Å². The van der Waals surface area contributed by atoms with E-state index in [0.717, 1.165) is 51.0 Å². The van der Waals surface area contributed by atoms with E-state index < -0.39 is 11.6 Å². The summed E-state index contributed by atoms with van der Waals surface area (Å²) in [5, 5.41) is 6.35. The fourth-order valence-electron chi connectivity index (χ4n) is 3.33. The summed E-state index contributed by atoms with van der Waals surface area (Å²) < 4.78 is 26.2. The van der Waals surface area contributed by atoms with Gasteiger partial charge in [0.15, 0.2) is 11.6 Å². The smallest absolute Gasteiger partial charge is 0.224 e. The van der Waals surface area contributed by atoms with E-state index in [2.05, 4.69) is 15.5 Å². The van der Waals surface area contributed by atoms with Gasteiger partial charge in [-0.15, -0.1) is 0 Å². The first kappa shape index (κ1) is 16.3. The standard InChI is InChI=1S/C17H23F2N3O/c18-15-2-1-12(9-16(15)19)11-22-7-4-14(5-8-22)21-17(23)13-3-6-20-10-13/h1-2,9,13-14,20H,3-8,10-11H2,(H,21,23). The summed E-state index contributed by atoms with van der Waals surface area (Å²) in [5.41, 5.74) is 0.781. The van der Waals surface area contributed by atoms with Gasteiger partial charge in [-0.3, -0.25) is 9.69 Å². The fraction of sp³-hybridized carbons (Fsp3) is 0.588. The highest BCUT2D eigenvalue weighted by atomic mass is 19.2. The Morgan fingerprint density at radius 1 is 1.22 bits per heavy atom. The maximum Gasteiger partial charge on any atom is 0.224 e. The molecule has 4 nitrogen and oxygen atoms in total. The van der Waals surface area contributed by atoms with Crippen LogP contribution in [0.4, 0.5) is 8.78 Å². The zero-order chi connectivity index (χ0) is 16.2. The molecule has 126 valence electrons. The van der Waals surface area contributed by atoms with E-state index in [1.54, 1.807) is 6.07 Å². The average Bonchev–Trinajstić information content (AvgIpc) is 3.07. The molecule has 2 aliphatic rings. The molecule has 1 atom stereocenters. The molecule has 1 amide bonds. The van der Waals surface area contributed by atoms with Crippen LogP contribution in [-0.4, -0.2) is 43.0 Å². The lowest BCUT2D eigenvalue weighted by Gasteiger charge is -2.32. The van der Waals surface area contributed by atoms with Crippen molar-refractivity contribution in [3.63, 3.8) is 0 Å². The van der Waals surface area contributed by atoms with Gasteiger partial charge >= 0.3 is 0 Å². The Morgan fingerprint density at radius 2 is 2.00 bits per heavy atom. The van der Waals surface area contributed by atoms with Gasteiger partial charge in [-0.05, 0) is 43.5 Å². The van der Waals surface area contributed by atoms with E-state index in [4.69, 9.17) is 0 Å². The number of carbonyl (C=O) groups excluding carboxylic acids is 1. The van der Waals surface area contributed by atoms with Crippen LogP contribution in [0.2, 0.25) is 0 Å². The summed E-state index contributed by atoms with van der Waals surface area (Å²) in [4.78, 5) is 14.3. The normalized spacial score (nSPS) is 23.1. The Labute approximate surface area is 135 Å². The van der Waals surface area contributed by atoms with E-state index in [1.807, 2.05) is 0 Å². The lowest BCUT2D eigenvalue weighted by atomic mass is 10.0. The minimum Gasteiger partial charge on any atom is -0.353 e. The predicted molar refractivity (Wildman–Crippen MR) is 83.8 cm³/mol. The number of amides is 1. The fourth-order valence-corrected chi connectivity index (χ4v) is 3.33. The van der Waals surface area contributed by atoms with Gasteiger partial charge < -0.3 is 10.6 Å². The van der Waals surface area contributed by atoms with Crippen LogP contribution in [0, 0.1) is 17.6 Å². The number of hydrogen-bond acceptors (Lipinski definition) is 3. The number of likely N-dealkylation sites (tertiary alicyclic amines) is 1. The molecule has 0 saturated carbocycles. The quantitative estimate of drug-likeness (QED) is 0.886. The van der Waals surface area contributed by atoms with E-state index in [0.29, 0.717) is 6.54 Å². The SMILES string of the molecule is O=C(NC1CCN(Cc2ccc(F)c(F)c2)CC1)C1CCNC1. The third-order valence-corrected chi connectivity index (χ3v) is 4.76. The summed E-state index contributed by atoms with van der Waals surface area (Å²) in [5.74, 6) is -1.34. The number of hydrogen-bond donors (Lipinski definition) is 2. The first-order valence-electron chi connectivity index (χ1n) is 8.29. The molecule has 0 spiro atoms. The van der Waals surface area contributed by atoms with Crippen LogP contribution in [0.25, 0.3) is 0 Å². The Kier molecular flexibility index (Phi) is 5.23. The Bertz CT molecular complexity index is 553. The summed E-state index contributed by atoms with van der Waals surface area (Å²) in [6.45, 7) is 4.02. The van der Waals surface area contributed by atoms with Crippen molar-refractivity contribution >= 4 is 5.91 Å². The van der Waals surface area contributed by atoms with E-state index in [9.17, 15) is 13.6 Å². The molecular weight excluding hydrogens is 300 g/mol. The number of rotatable bonds is 4. The number of nitrogens with one attached hydrogen (secondary N) is 2. The molecule has 1 unspecified atom stereocenters. The van der Waals surface area contributed by atoms with Gasteiger partial charge in [-0.1, -0.05) is 6.07 Å². The highest BCUT2D eigenvalue weighted by molar-refractivity contribution is 5.79. The molecular formula is C17H23F2N3O. The van der Waals surface area contributed by atoms with Crippen molar-refractivity contribution in [1.29, 1.82) is 0 Å². The molecule has 2 saturated heterocycles. The molecule has 0 aromatic heterocycles. The molecule has 23 heavy (non-hydrogen) atoms. The summed E-state index contributed by atoms with van der Waals surface area (Å²) in [6, 6.07) is 4.28. The van der Waals surface area contributed by atoms with Crippen LogP contribution in [-0.2, 0) is 11.3 Å². The first-order valence-corrected chi connectivity index (χ1v) is 8.29. The molecule has 2 heterocycles. The lowest BCUT2D eigenvalue weighted by Crippen LogP contribution is -2.46. The minimum absolute atomic E-state index is 0.107. The van der Waals surface area contributed by atoms with Gasteiger partial charge in [0.1, 0.15) is 0 Å². The van der Waals surface area contributed by atoms with Crippen molar-refractivity contribution in [2.75, 3.05) is 26.2 Å². The molecule has 2 N–H and O–H groups in total. The van der Waals surface area contributed by atoms with Gasteiger partial charge in [0.05, 0.1) is 5.92 Å². The second-order valence-electron chi connectivity index (χ2n) is 6.50. The van der Waals surface area contributed by atoms with Crippen LogP contribution in [0.1, 0.15) is 24.8 Å². The van der Waals surface area contributed by atoms with Crippen molar-refractivity contribution in [1.82, 2.24) is 15.5 Å². The Morgan fingerprint density at radius 3 is 2.65 bits per heavy atom. The maximum absolute atomic E-state index is 13.2. The highest BCUT2D eigenvalue weighted by Crippen LogP contribution is 2.17. The molecule has 0 bridgehead atoms. The predicted octanol–water partition coefficient (Wildman–Crippen LogP) is 1.65. The molecule has 2 fully saturated rings. The second-order valence-corrected chi connectivity index (χ2v) is 6.50. The number of benzene rings is 1. The molecule has 6 heteroatoms. The molecule has 3 rings (SSSR count). The van der Waals surface area contributed by atoms with Gasteiger partial charge in [-0.25, -0.2) is 8.78 Å². The van der Waals surface area contributed by atoms with Crippen LogP contribution in [0.3, 0.4) is 0 Å². The van der Waals surface area contributed by atoms with Crippen LogP contribution in [0.15, 0.2) is 18.2 Å². The van der Waals surface area contributed by atoms with E-state index in [-0.39, 0.29) is 17.9 Å². The topological polar surface area (TPSA) is 44.4 Å². The van der Waals surface area contributed by atoms with Crippen LogP contribution < -0.4 is 10.6 Å². The zero-order valence-corrected chi connectivity index (χ0v) is 13.2. The monoisotopic (exact) mass is 323 g/mol. The molecule has 0 radical (unpaired) electrons. The number of halogens is 2. The minimum atomic E-state index is -0.809. The molecule has 2 aliphatic heterocycles. The summed E-state index contributed by atoms with van der Waals surface area (Å²) in [6.07, 6.45) is 2.71. The molecule has 0 aliphatic carbocycles. The summed E-state index contributed by atoms with van der Waals surface area (Å²) in [7, 11) is 0. The maximum atomic E-state index is 13.2. The Balaban J connectivity index is 1.44. The lowest BCUT2D eigenvalue weighted by molar-refractivity contribution is -0.125. The third-order valence-electron chi connectivity index (χ3n) is 4.76. The first-order chi connectivity index (χ1) is 11.1. The van der Waals surface area contributed by atoms with Crippen molar-refractivity contribution < 1.29 is 13.6 Å². The number of piperidine rings is 1. The number of nitrogens with zero attached hydrogens (tertiary/aromatic N) is 1. The molecule has 1 aromatic rings. The average molecular weight is 323 g/mol.